The predicted octanol–water partition coefficient (Wildman–Crippen LogP) is 5.26. The van der Waals surface area contributed by atoms with Crippen LogP contribution in [-0.2, 0) is 6.18 Å². The third kappa shape index (κ3) is 5.16. The summed E-state index contributed by atoms with van der Waals surface area (Å²) >= 11 is 1.25. The Balaban J connectivity index is 1.75. The fourth-order valence-electron chi connectivity index (χ4n) is 3.96. The Morgan fingerprint density at radius 2 is 1.83 bits per heavy atom. The van der Waals surface area contributed by atoms with E-state index < -0.39 is 35.3 Å². The Kier molecular flexibility index (Phi) is 6.84. The van der Waals surface area contributed by atoms with E-state index in [1.165, 1.54) is 47.0 Å². The van der Waals surface area contributed by atoms with Crippen molar-refractivity contribution < 1.29 is 31.9 Å². The molecule has 1 atom stereocenters. The average molecular weight is 510 g/mol. The van der Waals surface area contributed by atoms with Gasteiger partial charge >= 0.3 is 12.1 Å². The molecule has 184 valence electrons. The van der Waals surface area contributed by atoms with E-state index in [2.05, 4.69) is 9.97 Å². The van der Waals surface area contributed by atoms with Crippen molar-refractivity contribution in [1.29, 1.82) is 0 Å². The first-order chi connectivity index (χ1) is 16.6. The molecule has 0 radical (unpaired) electrons. The molecule has 1 aromatic heterocycles. The van der Waals surface area contributed by atoms with Gasteiger partial charge in [0.25, 0.3) is 0 Å². The maximum Gasteiger partial charge on any atom is 0.434 e. The van der Waals surface area contributed by atoms with Crippen molar-refractivity contribution in [3.05, 3.63) is 77.1 Å². The van der Waals surface area contributed by atoms with Crippen LogP contribution >= 0.6 is 11.8 Å². The number of carboxylic acids is 1. The van der Waals surface area contributed by atoms with Crippen molar-refractivity contribution >= 4 is 29.4 Å². The van der Waals surface area contributed by atoms with Gasteiger partial charge < -0.3 is 14.9 Å². The van der Waals surface area contributed by atoms with Crippen LogP contribution in [0.3, 0.4) is 0 Å². The summed E-state index contributed by atoms with van der Waals surface area (Å²) < 4.78 is 68.2. The van der Waals surface area contributed by atoms with E-state index in [1.54, 1.807) is 18.4 Å². The van der Waals surface area contributed by atoms with Crippen molar-refractivity contribution in [2.24, 2.45) is 0 Å². The van der Waals surface area contributed by atoms with Gasteiger partial charge in [-0.25, -0.2) is 23.5 Å². The summed E-state index contributed by atoms with van der Waals surface area (Å²) in [5.41, 5.74) is -1.27. The maximum absolute atomic E-state index is 14.0. The van der Waals surface area contributed by atoms with E-state index in [9.17, 15) is 26.7 Å². The van der Waals surface area contributed by atoms with E-state index in [-0.39, 0.29) is 24.9 Å². The first-order valence-electron chi connectivity index (χ1n) is 10.4. The second-order valence-electron chi connectivity index (χ2n) is 7.76. The monoisotopic (exact) mass is 510 g/mol. The van der Waals surface area contributed by atoms with Crippen molar-refractivity contribution in [1.82, 2.24) is 9.97 Å². The lowest BCUT2D eigenvalue weighted by Gasteiger charge is -2.43. The number of piperazine rings is 1. The Morgan fingerprint density at radius 1 is 1.11 bits per heavy atom. The van der Waals surface area contributed by atoms with Crippen LogP contribution in [0, 0.1) is 11.6 Å². The standard InChI is InChI=1S/C23H19F5N4O2S/c1-35-19-10-15(6-7-17(19)25)31-8-9-32(18(12-31)13-2-4-14(24)5-3-13)22-29-11-16(21(33)34)20(30-22)23(26,27)28/h2-7,10-11,18H,8-9,12H2,1H3,(H,33,34). The number of carbonyl (C=O) groups is 1. The molecule has 2 heterocycles. The zero-order chi connectivity index (χ0) is 25.3. The number of anilines is 2. The molecule has 1 unspecified atom stereocenters. The second kappa shape index (κ2) is 9.68. The van der Waals surface area contributed by atoms with Crippen LogP contribution in [0.15, 0.2) is 53.6 Å². The van der Waals surface area contributed by atoms with Crippen LogP contribution in [0.4, 0.5) is 33.6 Å². The molecule has 1 aliphatic heterocycles. The van der Waals surface area contributed by atoms with Gasteiger partial charge in [-0.15, -0.1) is 11.8 Å². The number of hydrogen-bond donors (Lipinski definition) is 1. The molecule has 1 N–H and O–H groups in total. The quantitative estimate of drug-likeness (QED) is 0.371. The topological polar surface area (TPSA) is 69.6 Å². The minimum atomic E-state index is -5.00. The molecule has 6 nitrogen and oxygen atoms in total. The normalized spacial score (nSPS) is 16.5. The fourth-order valence-corrected chi connectivity index (χ4v) is 4.46. The first kappa shape index (κ1) is 24.7. The number of aromatic nitrogens is 2. The molecular formula is C23H19F5N4O2S. The van der Waals surface area contributed by atoms with Gasteiger partial charge in [0.05, 0.1) is 6.04 Å². The van der Waals surface area contributed by atoms with Gasteiger partial charge in [-0.3, -0.25) is 0 Å². The molecule has 4 rings (SSSR count). The molecule has 12 heteroatoms. The summed E-state index contributed by atoms with van der Waals surface area (Å²) in [5.74, 6) is -2.91. The summed E-state index contributed by atoms with van der Waals surface area (Å²) in [5, 5.41) is 9.15. The summed E-state index contributed by atoms with van der Waals surface area (Å²) in [6, 6.07) is 9.59. The van der Waals surface area contributed by atoms with E-state index in [4.69, 9.17) is 5.11 Å². The Morgan fingerprint density at radius 3 is 2.46 bits per heavy atom. The lowest BCUT2D eigenvalue weighted by Crippen LogP contribution is -2.49. The van der Waals surface area contributed by atoms with Gasteiger partial charge in [0.2, 0.25) is 5.95 Å². The molecule has 2 aromatic carbocycles. The number of nitrogens with zero attached hydrogens (tertiary/aromatic N) is 4. The van der Waals surface area contributed by atoms with Crippen LogP contribution in [0.2, 0.25) is 0 Å². The van der Waals surface area contributed by atoms with Gasteiger partial charge in [-0.05, 0) is 42.2 Å². The van der Waals surface area contributed by atoms with E-state index in [0.29, 0.717) is 23.2 Å². The number of alkyl halides is 3. The molecule has 0 saturated carbocycles. The minimum Gasteiger partial charge on any atom is -0.478 e. The minimum absolute atomic E-state index is 0.178. The van der Waals surface area contributed by atoms with Crippen molar-refractivity contribution in [2.45, 2.75) is 17.1 Å². The summed E-state index contributed by atoms with van der Waals surface area (Å²) in [4.78, 5) is 22.7. The number of thioether (sulfide) groups is 1. The van der Waals surface area contributed by atoms with E-state index >= 15 is 0 Å². The smallest absolute Gasteiger partial charge is 0.434 e. The third-order valence-electron chi connectivity index (χ3n) is 5.67. The van der Waals surface area contributed by atoms with Gasteiger partial charge in [-0.2, -0.15) is 13.2 Å². The number of halogens is 5. The summed E-state index contributed by atoms with van der Waals surface area (Å²) in [7, 11) is 0. The molecule has 0 amide bonds. The lowest BCUT2D eigenvalue weighted by molar-refractivity contribution is -0.141. The molecule has 1 aliphatic rings. The third-order valence-corrected chi connectivity index (χ3v) is 6.42. The zero-order valence-corrected chi connectivity index (χ0v) is 19.1. The second-order valence-corrected chi connectivity index (χ2v) is 8.61. The largest absolute Gasteiger partial charge is 0.478 e. The molecule has 3 aromatic rings. The van der Waals surface area contributed by atoms with Crippen molar-refractivity contribution in [3.63, 3.8) is 0 Å². The zero-order valence-electron chi connectivity index (χ0n) is 18.3. The van der Waals surface area contributed by atoms with Crippen LogP contribution in [-0.4, -0.2) is 46.9 Å². The van der Waals surface area contributed by atoms with Gasteiger partial charge in [0.1, 0.15) is 17.2 Å². The number of carboxylic acid groups (broad SMARTS) is 1. The van der Waals surface area contributed by atoms with Crippen LogP contribution in [0.5, 0.6) is 0 Å². The van der Waals surface area contributed by atoms with Crippen LogP contribution in [0.1, 0.15) is 27.7 Å². The van der Waals surface area contributed by atoms with Crippen LogP contribution in [0.25, 0.3) is 0 Å². The van der Waals surface area contributed by atoms with Crippen molar-refractivity contribution in [3.8, 4) is 0 Å². The highest BCUT2D eigenvalue weighted by molar-refractivity contribution is 7.98. The Bertz CT molecular complexity index is 1240. The van der Waals surface area contributed by atoms with Gasteiger partial charge in [0, 0.05) is 36.4 Å². The highest BCUT2D eigenvalue weighted by Gasteiger charge is 2.40. The van der Waals surface area contributed by atoms with Crippen LogP contribution < -0.4 is 9.80 Å². The average Bonchev–Trinajstić information content (AvgIpc) is 2.83. The number of aromatic carboxylic acids is 1. The highest BCUT2D eigenvalue weighted by Crippen LogP contribution is 2.36. The molecule has 1 saturated heterocycles. The maximum atomic E-state index is 14.0. The van der Waals surface area contributed by atoms with E-state index in [0.717, 1.165) is 5.69 Å². The number of rotatable bonds is 5. The Hall–Kier alpha value is -3.41. The number of hydrogen-bond acceptors (Lipinski definition) is 6. The molecule has 0 spiro atoms. The summed E-state index contributed by atoms with van der Waals surface area (Å²) in [6.07, 6.45) is -2.61. The first-order valence-corrected chi connectivity index (χ1v) is 11.6. The molecule has 1 fully saturated rings. The fraction of sp³-hybridized carbons (Fsp3) is 0.261. The van der Waals surface area contributed by atoms with Crippen molar-refractivity contribution in [2.75, 3.05) is 35.7 Å². The molecular weight excluding hydrogens is 491 g/mol. The summed E-state index contributed by atoms with van der Waals surface area (Å²) in [6.45, 7) is 0.788. The highest BCUT2D eigenvalue weighted by atomic mass is 32.2. The lowest BCUT2D eigenvalue weighted by atomic mass is 10.0. The predicted molar refractivity (Wildman–Crippen MR) is 121 cm³/mol. The Labute approximate surface area is 201 Å². The SMILES string of the molecule is CSc1cc(N2CCN(c3ncc(C(=O)O)c(C(F)(F)F)n3)C(c3ccc(F)cc3)C2)ccc1F. The van der Waals surface area contributed by atoms with E-state index in [1.807, 2.05) is 4.90 Å². The molecule has 0 bridgehead atoms. The van der Waals surface area contributed by atoms with Gasteiger partial charge in [-0.1, -0.05) is 12.1 Å². The molecule has 0 aliphatic carbocycles. The number of benzene rings is 2. The van der Waals surface area contributed by atoms with Gasteiger partial charge in [0.15, 0.2) is 5.69 Å². The molecule has 35 heavy (non-hydrogen) atoms.